The van der Waals surface area contributed by atoms with Crippen molar-refractivity contribution in [2.75, 3.05) is 5.12 Å². The second kappa shape index (κ2) is 5.12. The maximum atomic E-state index is 13.1. The van der Waals surface area contributed by atoms with Crippen molar-refractivity contribution in [3.63, 3.8) is 0 Å². The summed E-state index contributed by atoms with van der Waals surface area (Å²) in [5, 5.41) is 17.0. The highest BCUT2D eigenvalue weighted by atomic mass is 35.5. The predicted molar refractivity (Wildman–Crippen MR) is 76.5 cm³/mol. The third kappa shape index (κ3) is 2.32. The molecule has 0 saturated carbocycles. The molecule has 0 radical (unpaired) electrons. The molecule has 0 unspecified atom stereocenters. The van der Waals surface area contributed by atoms with E-state index in [1.165, 1.54) is 30.6 Å². The molecule has 0 fully saturated rings. The van der Waals surface area contributed by atoms with Crippen LogP contribution in [0.4, 0.5) is 10.1 Å². The highest BCUT2D eigenvalue weighted by Gasteiger charge is 2.35. The summed E-state index contributed by atoms with van der Waals surface area (Å²) in [5.41, 5.74) is 0.522. The number of allylic oxidation sites excluding steroid dienone is 4. The number of hydrazine groups is 1. The second-order valence-electron chi connectivity index (χ2n) is 4.20. The third-order valence-electron chi connectivity index (χ3n) is 2.89. The van der Waals surface area contributed by atoms with E-state index in [1.54, 1.807) is 12.2 Å². The van der Waals surface area contributed by atoms with E-state index in [2.05, 4.69) is 5.10 Å². The van der Waals surface area contributed by atoms with Crippen LogP contribution in [0.1, 0.15) is 0 Å². The van der Waals surface area contributed by atoms with Crippen molar-refractivity contribution in [3.8, 4) is 0 Å². The van der Waals surface area contributed by atoms with Crippen LogP contribution in [-0.4, -0.2) is 16.1 Å². The normalized spacial score (nSPS) is 20.8. The number of anilines is 1. The summed E-state index contributed by atoms with van der Waals surface area (Å²) in [6.07, 6.45) is 7.22. The maximum absolute atomic E-state index is 13.1. The van der Waals surface area contributed by atoms with Crippen molar-refractivity contribution in [1.29, 1.82) is 0 Å². The Balaban J connectivity index is 1.96. The van der Waals surface area contributed by atoms with Gasteiger partial charge in [0.2, 0.25) is 6.21 Å². The molecule has 0 spiro atoms. The van der Waals surface area contributed by atoms with Crippen LogP contribution in [0.2, 0.25) is 5.02 Å². The molecular formula is C13H8ClFN4O2. The van der Waals surface area contributed by atoms with Gasteiger partial charge in [-0.2, -0.15) is 0 Å². The molecular weight excluding hydrogens is 299 g/mol. The lowest BCUT2D eigenvalue weighted by atomic mass is 10.2. The van der Waals surface area contributed by atoms with Gasteiger partial charge in [0.15, 0.2) is 0 Å². The Labute approximate surface area is 123 Å². The number of halogens is 2. The van der Waals surface area contributed by atoms with Gasteiger partial charge in [-0.1, -0.05) is 17.7 Å². The van der Waals surface area contributed by atoms with Crippen LogP contribution in [0.15, 0.2) is 59.1 Å². The molecule has 8 heteroatoms. The van der Waals surface area contributed by atoms with Gasteiger partial charge in [0.1, 0.15) is 11.5 Å². The van der Waals surface area contributed by atoms with Crippen LogP contribution < -0.4 is 5.12 Å². The molecule has 21 heavy (non-hydrogen) atoms. The fourth-order valence-electron chi connectivity index (χ4n) is 1.88. The number of hydrogen-bond acceptors (Lipinski definition) is 4. The van der Waals surface area contributed by atoms with Gasteiger partial charge in [-0.05, 0) is 41.5 Å². The van der Waals surface area contributed by atoms with Crippen LogP contribution in [0.25, 0.3) is 0 Å². The smallest absolute Gasteiger partial charge is 0.270 e. The minimum absolute atomic E-state index is 0.0750. The Morgan fingerprint density at radius 3 is 2.86 bits per heavy atom. The summed E-state index contributed by atoms with van der Waals surface area (Å²) < 4.78 is 13.1. The van der Waals surface area contributed by atoms with E-state index < -0.39 is 5.82 Å². The van der Waals surface area contributed by atoms with Gasteiger partial charge in [0.05, 0.1) is 15.6 Å². The molecule has 2 aliphatic rings. The summed E-state index contributed by atoms with van der Waals surface area (Å²) >= 11 is 5.68. The lowest BCUT2D eigenvalue weighted by molar-refractivity contribution is -0.499. The van der Waals surface area contributed by atoms with Gasteiger partial charge >= 0.3 is 0 Å². The molecule has 6 nitrogen and oxygen atoms in total. The molecule has 0 amide bonds. The molecule has 2 heterocycles. The van der Waals surface area contributed by atoms with Crippen LogP contribution in [0, 0.1) is 15.9 Å². The number of benzene rings is 1. The molecule has 0 aromatic heterocycles. The minimum Gasteiger partial charge on any atom is -0.754 e. The highest BCUT2D eigenvalue weighted by molar-refractivity contribution is 6.31. The van der Waals surface area contributed by atoms with E-state index in [4.69, 9.17) is 11.6 Å². The van der Waals surface area contributed by atoms with E-state index >= 15 is 0 Å². The van der Waals surface area contributed by atoms with Crippen LogP contribution >= 0.6 is 11.6 Å². The predicted octanol–water partition coefficient (Wildman–Crippen LogP) is 3.07. The number of nitrogens with zero attached hydrogens (tertiary/aromatic N) is 4. The average Bonchev–Trinajstić information content (AvgIpc) is 2.84. The fraction of sp³-hybridized carbons (Fsp3) is 0. The van der Waals surface area contributed by atoms with Gasteiger partial charge in [0, 0.05) is 10.2 Å². The van der Waals surface area contributed by atoms with Crippen LogP contribution in [-0.2, 0) is 0 Å². The topological polar surface area (TPSA) is 62.0 Å². The monoisotopic (exact) mass is 306 g/mol. The second-order valence-corrected chi connectivity index (χ2v) is 4.61. The van der Waals surface area contributed by atoms with Gasteiger partial charge < -0.3 is 10.3 Å². The summed E-state index contributed by atoms with van der Waals surface area (Å²) in [4.78, 5) is 12.7. The third-order valence-corrected chi connectivity index (χ3v) is 3.18. The Bertz CT molecular complexity index is 742. The minimum atomic E-state index is -0.592. The molecule has 2 aliphatic heterocycles. The molecule has 0 aliphatic carbocycles. The molecule has 0 N–H and O–H groups in total. The van der Waals surface area contributed by atoms with Crippen molar-refractivity contribution in [3.05, 3.63) is 75.0 Å². The van der Waals surface area contributed by atoms with Crippen LogP contribution in [0.3, 0.4) is 0 Å². The Hall–Kier alpha value is -2.51. The van der Waals surface area contributed by atoms with Crippen LogP contribution in [0.5, 0.6) is 0 Å². The lowest BCUT2D eigenvalue weighted by Gasteiger charge is -2.28. The molecule has 0 saturated heterocycles. The lowest BCUT2D eigenvalue weighted by Crippen LogP contribution is -2.25. The summed E-state index contributed by atoms with van der Waals surface area (Å²) in [6.45, 7) is 0. The van der Waals surface area contributed by atoms with Crippen molar-refractivity contribution in [2.45, 2.75) is 0 Å². The molecule has 106 valence electrons. The van der Waals surface area contributed by atoms with Gasteiger partial charge in [-0.25, -0.2) is 4.39 Å². The summed E-state index contributed by atoms with van der Waals surface area (Å²) in [6, 6.07) is 3.77. The van der Waals surface area contributed by atoms with Crippen molar-refractivity contribution >= 4 is 23.5 Å². The standard InChI is InChI=1S/C13H8ClFN4O2/c14-10-7-9(4-5-11(10)15)18-16-8-13(19(18)21)12-3-1-2-6-17(12)20/h1-8H. The van der Waals surface area contributed by atoms with Gasteiger partial charge in [-0.15, -0.1) is 0 Å². The summed E-state index contributed by atoms with van der Waals surface area (Å²) in [5.74, 6) is -0.592. The Morgan fingerprint density at radius 1 is 1.33 bits per heavy atom. The Kier molecular flexibility index (Phi) is 3.28. The number of nitroso groups, excluding NO2 is 1. The fourth-order valence-corrected chi connectivity index (χ4v) is 2.05. The molecule has 3 rings (SSSR count). The number of hydrogen-bond donors (Lipinski definition) is 0. The Morgan fingerprint density at radius 2 is 2.14 bits per heavy atom. The average molecular weight is 307 g/mol. The summed E-state index contributed by atoms with van der Waals surface area (Å²) in [7, 11) is 0. The van der Waals surface area contributed by atoms with E-state index in [0.717, 1.165) is 11.2 Å². The zero-order valence-electron chi connectivity index (χ0n) is 10.5. The van der Waals surface area contributed by atoms with Crippen molar-refractivity contribution < 1.29 is 9.26 Å². The maximum Gasteiger partial charge on any atom is 0.270 e. The molecule has 0 atom stereocenters. The van der Waals surface area contributed by atoms with E-state index in [-0.39, 0.29) is 22.1 Å². The molecule has 1 aromatic carbocycles. The zero-order chi connectivity index (χ0) is 15.0. The SMILES string of the molecule is O=[N+]1C(=C2C=CC=CN2[O-])C=NN1c1ccc(F)c(Cl)c1. The first-order valence-corrected chi connectivity index (χ1v) is 6.27. The van der Waals surface area contributed by atoms with E-state index in [9.17, 15) is 14.5 Å². The first-order chi connectivity index (χ1) is 10.1. The number of rotatable bonds is 1. The van der Waals surface area contributed by atoms with Gasteiger partial charge in [-0.3, -0.25) is 0 Å². The van der Waals surface area contributed by atoms with E-state index in [0.29, 0.717) is 9.93 Å². The first kappa shape index (κ1) is 13.5. The zero-order valence-corrected chi connectivity index (χ0v) is 11.2. The first-order valence-electron chi connectivity index (χ1n) is 5.90. The number of hydroxylamine groups is 2. The van der Waals surface area contributed by atoms with Crippen molar-refractivity contribution in [2.24, 2.45) is 5.10 Å². The largest absolute Gasteiger partial charge is 0.754 e. The quantitative estimate of drug-likeness (QED) is 0.748. The highest BCUT2D eigenvalue weighted by Crippen LogP contribution is 2.27. The molecule has 1 aromatic rings. The number of hydrazone groups is 1. The van der Waals surface area contributed by atoms with Gasteiger partial charge in [0.25, 0.3) is 5.70 Å². The van der Waals surface area contributed by atoms with Crippen molar-refractivity contribution in [1.82, 2.24) is 5.06 Å². The van der Waals surface area contributed by atoms with E-state index in [1.807, 2.05) is 0 Å². The molecule has 0 bridgehead atoms.